The van der Waals surface area contributed by atoms with E-state index in [0.717, 1.165) is 28.6 Å². The van der Waals surface area contributed by atoms with Crippen molar-refractivity contribution < 1.29 is 9.53 Å². The molecule has 1 aliphatic heterocycles. The molecule has 2 N–H and O–H groups in total. The molecule has 0 unspecified atom stereocenters. The summed E-state index contributed by atoms with van der Waals surface area (Å²) in [7, 11) is 0. The van der Waals surface area contributed by atoms with Crippen LogP contribution in [-0.4, -0.2) is 28.7 Å². The summed E-state index contributed by atoms with van der Waals surface area (Å²) in [6.45, 7) is 3.57. The molecule has 34 heavy (non-hydrogen) atoms. The molecule has 0 saturated carbocycles. The molecule has 3 heterocycles. The molecule has 4 aromatic rings. The lowest BCUT2D eigenvalue weighted by Crippen LogP contribution is -2.33. The van der Waals surface area contributed by atoms with E-state index in [1.807, 2.05) is 61.5 Å². The second kappa shape index (κ2) is 9.79. The van der Waals surface area contributed by atoms with E-state index >= 15 is 0 Å². The highest BCUT2D eigenvalue weighted by molar-refractivity contribution is 7.22. The minimum atomic E-state index is -0.284. The maximum absolute atomic E-state index is 13.6. The SMILES string of the molecule is Cc1c(C(=O)Nc2nc3ccccc3s2)c(NCc2ccccc2)cc(=O)n1C1CCOCC1. The van der Waals surface area contributed by atoms with Gasteiger partial charge in [0.25, 0.3) is 11.5 Å². The Morgan fingerprint density at radius 3 is 2.62 bits per heavy atom. The number of para-hydroxylation sites is 1. The van der Waals surface area contributed by atoms with Gasteiger partial charge in [-0.05, 0) is 37.5 Å². The van der Waals surface area contributed by atoms with Crippen LogP contribution in [0, 0.1) is 6.92 Å². The van der Waals surface area contributed by atoms with Crippen LogP contribution in [-0.2, 0) is 11.3 Å². The third kappa shape index (κ3) is 4.60. The van der Waals surface area contributed by atoms with E-state index in [1.54, 1.807) is 10.6 Å². The Bertz CT molecular complexity index is 1340. The summed E-state index contributed by atoms with van der Waals surface area (Å²) >= 11 is 1.43. The Kier molecular flexibility index (Phi) is 6.42. The van der Waals surface area contributed by atoms with E-state index in [9.17, 15) is 9.59 Å². The van der Waals surface area contributed by atoms with Gasteiger partial charge in [0.15, 0.2) is 5.13 Å². The van der Waals surface area contributed by atoms with Crippen LogP contribution in [0.5, 0.6) is 0 Å². The highest BCUT2D eigenvalue weighted by Crippen LogP contribution is 2.29. The Balaban J connectivity index is 1.52. The number of ether oxygens (including phenoxy) is 1. The van der Waals surface area contributed by atoms with Gasteiger partial charge < -0.3 is 14.6 Å². The first kappa shape index (κ1) is 22.3. The zero-order chi connectivity index (χ0) is 23.5. The number of hydrogen-bond acceptors (Lipinski definition) is 6. The summed E-state index contributed by atoms with van der Waals surface area (Å²) in [6.07, 6.45) is 1.49. The predicted molar refractivity (Wildman–Crippen MR) is 136 cm³/mol. The number of rotatable bonds is 6. The van der Waals surface area contributed by atoms with Gasteiger partial charge in [-0.2, -0.15) is 0 Å². The summed E-state index contributed by atoms with van der Waals surface area (Å²) < 4.78 is 8.24. The van der Waals surface area contributed by atoms with Crippen molar-refractivity contribution in [2.75, 3.05) is 23.8 Å². The zero-order valence-electron chi connectivity index (χ0n) is 18.9. The third-order valence-electron chi connectivity index (χ3n) is 6.12. The third-order valence-corrected chi connectivity index (χ3v) is 7.07. The molecule has 0 atom stereocenters. The predicted octanol–water partition coefficient (Wildman–Crippen LogP) is 4.98. The first-order valence-corrected chi connectivity index (χ1v) is 12.2. The second-order valence-electron chi connectivity index (χ2n) is 8.35. The molecule has 1 amide bonds. The number of carbonyl (C=O) groups is 1. The average molecular weight is 475 g/mol. The lowest BCUT2D eigenvalue weighted by Gasteiger charge is -2.28. The van der Waals surface area contributed by atoms with E-state index < -0.39 is 0 Å². The van der Waals surface area contributed by atoms with Crippen molar-refractivity contribution in [3.63, 3.8) is 0 Å². The molecule has 0 spiro atoms. The number of carbonyl (C=O) groups excluding carboxylic acids is 1. The zero-order valence-corrected chi connectivity index (χ0v) is 19.7. The summed E-state index contributed by atoms with van der Waals surface area (Å²) in [4.78, 5) is 31.3. The number of benzene rings is 2. The number of fused-ring (bicyclic) bond motifs is 1. The van der Waals surface area contributed by atoms with Gasteiger partial charge in [-0.3, -0.25) is 14.9 Å². The van der Waals surface area contributed by atoms with Gasteiger partial charge in [0.1, 0.15) is 0 Å². The first-order valence-electron chi connectivity index (χ1n) is 11.4. The molecule has 1 fully saturated rings. The fourth-order valence-electron chi connectivity index (χ4n) is 4.45. The van der Waals surface area contributed by atoms with E-state index in [2.05, 4.69) is 15.6 Å². The molecule has 2 aromatic carbocycles. The van der Waals surface area contributed by atoms with Crippen LogP contribution in [0.2, 0.25) is 0 Å². The molecule has 8 heteroatoms. The van der Waals surface area contributed by atoms with Crippen molar-refractivity contribution in [3.05, 3.63) is 87.8 Å². The Labute approximate surface area is 201 Å². The fourth-order valence-corrected chi connectivity index (χ4v) is 5.31. The summed E-state index contributed by atoms with van der Waals surface area (Å²) in [5.74, 6) is -0.284. The van der Waals surface area contributed by atoms with Crippen molar-refractivity contribution in [2.24, 2.45) is 0 Å². The number of aromatic nitrogens is 2. The number of anilines is 2. The van der Waals surface area contributed by atoms with Crippen molar-refractivity contribution >= 4 is 38.3 Å². The molecule has 1 aliphatic rings. The van der Waals surface area contributed by atoms with Crippen molar-refractivity contribution in [1.82, 2.24) is 9.55 Å². The van der Waals surface area contributed by atoms with Crippen LogP contribution in [0.3, 0.4) is 0 Å². The molecule has 0 radical (unpaired) electrons. The summed E-state index contributed by atoms with van der Waals surface area (Å²) in [5, 5.41) is 6.81. The molecular weight excluding hydrogens is 448 g/mol. The normalized spacial score (nSPS) is 14.3. The lowest BCUT2D eigenvalue weighted by atomic mass is 10.0. The number of thiazole rings is 1. The standard InChI is InChI=1S/C26H26N4O3S/c1-17-24(25(32)29-26-28-20-9-5-6-10-22(20)34-26)21(27-16-18-7-3-2-4-8-18)15-23(31)30(17)19-11-13-33-14-12-19/h2-10,15,19,27H,11-14,16H2,1H3,(H,28,29,32). The minimum absolute atomic E-state index is 0.0124. The van der Waals surface area contributed by atoms with Gasteiger partial charge in [0, 0.05) is 37.6 Å². The monoisotopic (exact) mass is 474 g/mol. The molecule has 2 aromatic heterocycles. The quantitative estimate of drug-likeness (QED) is 0.412. The topological polar surface area (TPSA) is 85.3 Å². The molecule has 5 rings (SSSR count). The number of pyridine rings is 1. The highest BCUT2D eigenvalue weighted by atomic mass is 32.1. The molecular formula is C26H26N4O3S. The van der Waals surface area contributed by atoms with Crippen molar-refractivity contribution in [2.45, 2.75) is 32.4 Å². The van der Waals surface area contributed by atoms with Crippen LogP contribution in [0.1, 0.15) is 40.5 Å². The Morgan fingerprint density at radius 2 is 1.85 bits per heavy atom. The maximum atomic E-state index is 13.6. The number of nitrogens with one attached hydrogen (secondary N) is 2. The van der Waals surface area contributed by atoms with E-state index in [-0.39, 0.29) is 17.5 Å². The van der Waals surface area contributed by atoms with E-state index in [1.165, 1.54) is 11.3 Å². The summed E-state index contributed by atoms with van der Waals surface area (Å²) in [5.41, 5.74) is 3.42. The van der Waals surface area contributed by atoms with Crippen LogP contribution in [0.4, 0.5) is 10.8 Å². The van der Waals surface area contributed by atoms with Crippen molar-refractivity contribution in [3.8, 4) is 0 Å². The summed E-state index contributed by atoms with van der Waals surface area (Å²) in [6, 6.07) is 19.2. The molecule has 0 aliphatic carbocycles. The van der Waals surface area contributed by atoms with Gasteiger partial charge >= 0.3 is 0 Å². The first-order chi connectivity index (χ1) is 16.6. The van der Waals surface area contributed by atoms with Gasteiger partial charge in [-0.1, -0.05) is 53.8 Å². The van der Waals surface area contributed by atoms with Gasteiger partial charge in [-0.15, -0.1) is 0 Å². The maximum Gasteiger partial charge on any atom is 0.261 e. The minimum Gasteiger partial charge on any atom is -0.381 e. The number of nitrogens with zero attached hydrogens (tertiary/aromatic N) is 2. The molecule has 174 valence electrons. The van der Waals surface area contributed by atoms with Crippen LogP contribution in [0.15, 0.2) is 65.5 Å². The lowest BCUT2D eigenvalue weighted by molar-refractivity contribution is 0.0680. The van der Waals surface area contributed by atoms with Crippen molar-refractivity contribution in [1.29, 1.82) is 0 Å². The number of hydrogen-bond donors (Lipinski definition) is 2. The smallest absolute Gasteiger partial charge is 0.261 e. The molecule has 7 nitrogen and oxygen atoms in total. The van der Waals surface area contributed by atoms with Gasteiger partial charge in [0.05, 0.1) is 21.5 Å². The Hall–Kier alpha value is -3.49. The van der Waals surface area contributed by atoms with Crippen LogP contribution < -0.4 is 16.2 Å². The highest BCUT2D eigenvalue weighted by Gasteiger charge is 2.25. The Morgan fingerprint density at radius 1 is 1.12 bits per heavy atom. The number of amides is 1. The average Bonchev–Trinajstić information content (AvgIpc) is 3.26. The largest absolute Gasteiger partial charge is 0.381 e. The van der Waals surface area contributed by atoms with Crippen LogP contribution >= 0.6 is 11.3 Å². The fraction of sp³-hybridized carbons (Fsp3) is 0.269. The van der Waals surface area contributed by atoms with Crippen LogP contribution in [0.25, 0.3) is 10.2 Å². The second-order valence-corrected chi connectivity index (χ2v) is 9.38. The van der Waals surface area contributed by atoms with Gasteiger partial charge in [-0.25, -0.2) is 4.98 Å². The van der Waals surface area contributed by atoms with Gasteiger partial charge in [0.2, 0.25) is 0 Å². The van der Waals surface area contributed by atoms with E-state index in [4.69, 9.17) is 4.74 Å². The molecule has 0 bridgehead atoms. The van der Waals surface area contributed by atoms with E-state index in [0.29, 0.717) is 41.8 Å². The molecule has 1 saturated heterocycles.